The van der Waals surface area contributed by atoms with Gasteiger partial charge in [0.05, 0.1) is 30.7 Å². The summed E-state index contributed by atoms with van der Waals surface area (Å²) in [4.78, 5) is 17.9. The van der Waals surface area contributed by atoms with E-state index >= 15 is 0 Å². The highest BCUT2D eigenvalue weighted by atomic mass is 32.1. The van der Waals surface area contributed by atoms with Crippen molar-refractivity contribution < 1.29 is 19.0 Å². The lowest BCUT2D eigenvalue weighted by Gasteiger charge is -2.21. The molecule has 2 heterocycles. The first kappa shape index (κ1) is 25.3. The average Bonchev–Trinajstić information content (AvgIpc) is 3.50. The van der Waals surface area contributed by atoms with E-state index in [0.29, 0.717) is 31.2 Å². The third kappa shape index (κ3) is 6.44. The molecule has 0 bridgehead atoms. The van der Waals surface area contributed by atoms with Crippen LogP contribution in [0.25, 0.3) is 11.4 Å². The van der Waals surface area contributed by atoms with E-state index in [9.17, 15) is 4.79 Å². The molecule has 2 aromatic heterocycles. The highest BCUT2D eigenvalue weighted by Gasteiger charge is 2.21. The molecule has 0 spiro atoms. The van der Waals surface area contributed by atoms with Gasteiger partial charge in [-0.1, -0.05) is 19.3 Å². The summed E-state index contributed by atoms with van der Waals surface area (Å²) in [6, 6.07) is 9.46. The molecule has 8 heteroatoms. The Morgan fingerprint density at radius 3 is 2.60 bits per heavy atom. The molecule has 4 rings (SSSR count). The Morgan fingerprint density at radius 1 is 1.14 bits per heavy atom. The number of methoxy groups -OCH3 is 2. The molecule has 0 unspecified atom stereocenters. The molecule has 1 saturated carbocycles. The van der Waals surface area contributed by atoms with E-state index in [4.69, 9.17) is 19.2 Å². The van der Waals surface area contributed by atoms with E-state index in [-0.39, 0.29) is 5.91 Å². The molecule has 188 valence electrons. The first-order valence-electron chi connectivity index (χ1n) is 12.3. The zero-order chi connectivity index (χ0) is 24.6. The maximum absolute atomic E-state index is 13.1. The lowest BCUT2D eigenvalue weighted by atomic mass is 9.89. The molecule has 35 heavy (non-hydrogen) atoms. The molecular formula is C27H35N3O4S. The predicted octanol–water partition coefficient (Wildman–Crippen LogP) is 5.46. The molecule has 1 N–H and O–H groups in total. The normalized spacial score (nSPS) is 14.1. The molecule has 3 aromatic rings. The second kappa shape index (κ2) is 12.2. The maximum atomic E-state index is 13.1. The monoisotopic (exact) mass is 497 g/mol. The van der Waals surface area contributed by atoms with Gasteiger partial charge in [0.1, 0.15) is 23.1 Å². The van der Waals surface area contributed by atoms with Crippen LogP contribution < -0.4 is 14.8 Å². The number of hydrogen-bond acceptors (Lipinski definition) is 6. The lowest BCUT2D eigenvalue weighted by molar-refractivity contribution is 0.0942. The van der Waals surface area contributed by atoms with Gasteiger partial charge < -0.3 is 24.1 Å². The summed E-state index contributed by atoms with van der Waals surface area (Å²) >= 11 is 1.55. The number of ether oxygens (including phenoxy) is 3. The fraction of sp³-hybridized carbons (Fsp3) is 0.481. The van der Waals surface area contributed by atoms with Gasteiger partial charge in [0.25, 0.3) is 5.91 Å². The summed E-state index contributed by atoms with van der Waals surface area (Å²) in [6.45, 7) is 4.34. The second-order valence-electron chi connectivity index (χ2n) is 8.98. The summed E-state index contributed by atoms with van der Waals surface area (Å²) in [5.74, 6) is 2.14. The lowest BCUT2D eigenvalue weighted by Crippen LogP contribution is -2.30. The first-order valence-corrected chi connectivity index (χ1v) is 13.2. The third-order valence-electron chi connectivity index (χ3n) is 6.64. The van der Waals surface area contributed by atoms with Crippen LogP contribution in [0.3, 0.4) is 0 Å². The van der Waals surface area contributed by atoms with Gasteiger partial charge in [0.2, 0.25) is 0 Å². The van der Waals surface area contributed by atoms with E-state index in [1.54, 1.807) is 25.6 Å². The van der Waals surface area contributed by atoms with Crippen molar-refractivity contribution in [2.24, 2.45) is 5.92 Å². The smallest absolute Gasteiger partial charge is 0.253 e. The number of nitrogens with one attached hydrogen (secondary N) is 1. The molecule has 1 aliphatic rings. The summed E-state index contributed by atoms with van der Waals surface area (Å²) in [5, 5.41) is 6.07. The van der Waals surface area contributed by atoms with Crippen molar-refractivity contribution in [1.29, 1.82) is 0 Å². The Kier molecular flexibility index (Phi) is 8.82. The predicted molar refractivity (Wildman–Crippen MR) is 138 cm³/mol. The minimum Gasteiger partial charge on any atom is -0.497 e. The standard InChI is InChI=1S/C27H35N3O4S/c1-19-23(27(31)28-16-20-7-5-4-6-8-20)15-25(30(19)13-14-32-2)24-18-35-26(29-24)17-34-22-11-9-21(33-3)10-12-22/h9-12,15,18,20H,4-8,13-14,16-17H2,1-3H3,(H,28,31). The van der Waals surface area contributed by atoms with Crippen LogP contribution in [-0.2, 0) is 17.9 Å². The molecule has 1 fully saturated rings. The van der Waals surface area contributed by atoms with E-state index in [1.807, 2.05) is 42.6 Å². The summed E-state index contributed by atoms with van der Waals surface area (Å²) in [5.41, 5.74) is 3.40. The van der Waals surface area contributed by atoms with Gasteiger partial charge in [0.15, 0.2) is 0 Å². The number of rotatable bonds is 11. The second-order valence-corrected chi connectivity index (χ2v) is 9.92. The number of aromatic nitrogens is 2. The zero-order valence-corrected chi connectivity index (χ0v) is 21.7. The van der Waals surface area contributed by atoms with Crippen molar-refractivity contribution in [3.05, 3.63) is 52.0 Å². The van der Waals surface area contributed by atoms with Gasteiger partial charge in [-0.25, -0.2) is 4.98 Å². The third-order valence-corrected chi connectivity index (χ3v) is 7.46. The van der Waals surface area contributed by atoms with Crippen LogP contribution >= 0.6 is 11.3 Å². The van der Waals surface area contributed by atoms with Crippen molar-refractivity contribution in [2.75, 3.05) is 27.4 Å². The van der Waals surface area contributed by atoms with Crippen LogP contribution in [0.4, 0.5) is 0 Å². The molecule has 0 radical (unpaired) electrons. The van der Waals surface area contributed by atoms with Crippen molar-refractivity contribution >= 4 is 17.2 Å². The Morgan fingerprint density at radius 2 is 1.89 bits per heavy atom. The number of carbonyl (C=O) groups excluding carboxylic acids is 1. The van der Waals surface area contributed by atoms with E-state index in [2.05, 4.69) is 9.88 Å². The summed E-state index contributed by atoms with van der Waals surface area (Å²) < 4.78 is 18.5. The number of nitrogens with zero attached hydrogens (tertiary/aromatic N) is 2. The van der Waals surface area contributed by atoms with Crippen LogP contribution in [0, 0.1) is 12.8 Å². The Labute approximate surface area is 211 Å². The van der Waals surface area contributed by atoms with Gasteiger partial charge in [0, 0.05) is 31.3 Å². The van der Waals surface area contributed by atoms with Crippen LogP contribution in [0.1, 0.15) is 53.2 Å². The van der Waals surface area contributed by atoms with E-state index in [1.165, 1.54) is 32.1 Å². The molecule has 7 nitrogen and oxygen atoms in total. The van der Waals surface area contributed by atoms with Crippen LogP contribution in [0.5, 0.6) is 11.5 Å². The van der Waals surface area contributed by atoms with Crippen molar-refractivity contribution in [3.8, 4) is 22.9 Å². The number of amides is 1. The first-order chi connectivity index (χ1) is 17.1. The summed E-state index contributed by atoms with van der Waals surface area (Å²) in [6.07, 6.45) is 6.27. The average molecular weight is 498 g/mol. The minimum absolute atomic E-state index is 0.0104. The van der Waals surface area contributed by atoms with Crippen molar-refractivity contribution in [2.45, 2.75) is 52.2 Å². The van der Waals surface area contributed by atoms with Gasteiger partial charge in [-0.05, 0) is 56.0 Å². The van der Waals surface area contributed by atoms with Crippen LogP contribution in [0.2, 0.25) is 0 Å². The summed E-state index contributed by atoms with van der Waals surface area (Å²) in [7, 11) is 3.33. The number of hydrogen-bond donors (Lipinski definition) is 1. The molecule has 1 aromatic carbocycles. The zero-order valence-electron chi connectivity index (χ0n) is 20.8. The van der Waals surface area contributed by atoms with Crippen LogP contribution in [-0.4, -0.2) is 42.8 Å². The molecule has 1 aliphatic carbocycles. The fourth-order valence-corrected chi connectivity index (χ4v) is 5.29. The molecule has 0 saturated heterocycles. The van der Waals surface area contributed by atoms with Crippen LogP contribution in [0.15, 0.2) is 35.7 Å². The van der Waals surface area contributed by atoms with Gasteiger partial charge in [-0.3, -0.25) is 4.79 Å². The van der Waals surface area contributed by atoms with Gasteiger partial charge >= 0.3 is 0 Å². The number of carbonyl (C=O) groups is 1. The largest absolute Gasteiger partial charge is 0.497 e. The van der Waals surface area contributed by atoms with Crippen molar-refractivity contribution in [1.82, 2.24) is 14.9 Å². The maximum Gasteiger partial charge on any atom is 0.253 e. The number of benzene rings is 1. The fourth-order valence-electron chi connectivity index (χ4n) is 4.59. The molecule has 0 aliphatic heterocycles. The highest BCUT2D eigenvalue weighted by molar-refractivity contribution is 7.09. The Hall–Kier alpha value is -2.84. The quantitative estimate of drug-likeness (QED) is 0.381. The van der Waals surface area contributed by atoms with E-state index < -0.39 is 0 Å². The Balaban J connectivity index is 1.47. The minimum atomic E-state index is -0.0104. The number of thiazole rings is 1. The van der Waals surface area contributed by atoms with Gasteiger partial charge in [-0.15, -0.1) is 11.3 Å². The van der Waals surface area contributed by atoms with Crippen molar-refractivity contribution in [3.63, 3.8) is 0 Å². The van der Waals surface area contributed by atoms with E-state index in [0.717, 1.165) is 40.1 Å². The SMILES string of the molecule is COCCn1c(-c2csc(COc3ccc(OC)cc3)n2)cc(C(=O)NCC2CCCCC2)c1C. The topological polar surface area (TPSA) is 74.6 Å². The molecule has 0 atom stereocenters. The van der Waals surface area contributed by atoms with Gasteiger partial charge in [-0.2, -0.15) is 0 Å². The highest BCUT2D eigenvalue weighted by Crippen LogP contribution is 2.29. The Bertz CT molecular complexity index is 1100. The molecule has 1 amide bonds. The molecular weight excluding hydrogens is 462 g/mol.